The molecule has 1 unspecified atom stereocenters. The van der Waals surface area contributed by atoms with Gasteiger partial charge in [0.05, 0.1) is 16.6 Å². The Morgan fingerprint density at radius 2 is 1.80 bits per heavy atom. The van der Waals surface area contributed by atoms with Gasteiger partial charge in [-0.05, 0) is 36.8 Å². The van der Waals surface area contributed by atoms with Crippen LogP contribution in [-0.4, -0.2) is 10.1 Å². The summed E-state index contributed by atoms with van der Waals surface area (Å²) in [6.07, 6.45) is 0. The largest absolute Gasteiger partial charge is 0.398 e. The van der Waals surface area contributed by atoms with Gasteiger partial charge in [-0.1, -0.05) is 23.8 Å². The zero-order valence-electron chi connectivity index (χ0n) is 11.1. The van der Waals surface area contributed by atoms with Crippen molar-refractivity contribution in [3.05, 3.63) is 59.2 Å². The molecule has 0 spiro atoms. The van der Waals surface area contributed by atoms with Gasteiger partial charge in [-0.15, -0.1) is 0 Å². The van der Waals surface area contributed by atoms with Gasteiger partial charge in [0.25, 0.3) is 0 Å². The molecule has 0 aromatic heterocycles. The van der Waals surface area contributed by atoms with Crippen molar-refractivity contribution in [3.63, 3.8) is 0 Å². The molecule has 2 aromatic carbocycles. The maximum absolute atomic E-state index is 12.3. The van der Waals surface area contributed by atoms with Crippen molar-refractivity contribution in [1.29, 1.82) is 0 Å². The minimum atomic E-state index is -1.17. The first-order chi connectivity index (χ1) is 9.47. The Morgan fingerprint density at radius 3 is 2.35 bits per heavy atom. The van der Waals surface area contributed by atoms with Crippen LogP contribution >= 0.6 is 0 Å². The highest BCUT2D eigenvalue weighted by Gasteiger charge is 2.09. The molecule has 1 atom stereocenters. The third-order valence-corrected chi connectivity index (χ3v) is 4.37. The summed E-state index contributed by atoms with van der Waals surface area (Å²) in [6.45, 7) is 1.98. The standard InChI is InChI=1S/C15H16N2O2S/c1-10-2-6-13(7-3-10)20(19)9-12-5-4-11(15(17)18)8-14(12)16/h2-8H,9,16H2,1H3,(H2,17,18). The quantitative estimate of drug-likeness (QED) is 0.843. The second kappa shape index (κ2) is 5.88. The van der Waals surface area contributed by atoms with Gasteiger partial charge in [0, 0.05) is 16.1 Å². The Kier molecular flexibility index (Phi) is 4.20. The van der Waals surface area contributed by atoms with Gasteiger partial charge in [0.1, 0.15) is 0 Å². The molecule has 0 radical (unpaired) electrons. The molecule has 5 heteroatoms. The molecule has 0 bridgehead atoms. The first-order valence-corrected chi connectivity index (χ1v) is 7.42. The van der Waals surface area contributed by atoms with Crippen molar-refractivity contribution >= 4 is 22.4 Å². The highest BCUT2D eigenvalue weighted by atomic mass is 32.2. The Labute approximate surface area is 120 Å². The second-order valence-corrected chi connectivity index (χ2v) is 6.03. The van der Waals surface area contributed by atoms with E-state index in [4.69, 9.17) is 11.5 Å². The first kappa shape index (κ1) is 14.3. The van der Waals surface area contributed by atoms with Crippen LogP contribution in [0.15, 0.2) is 47.4 Å². The molecule has 0 saturated heterocycles. The number of hydrogen-bond acceptors (Lipinski definition) is 3. The topological polar surface area (TPSA) is 86.2 Å². The zero-order valence-corrected chi connectivity index (χ0v) is 11.9. The van der Waals surface area contributed by atoms with Crippen molar-refractivity contribution < 1.29 is 9.00 Å². The average molecular weight is 288 g/mol. The molecule has 0 aliphatic rings. The monoisotopic (exact) mass is 288 g/mol. The Morgan fingerprint density at radius 1 is 1.15 bits per heavy atom. The number of nitrogens with two attached hydrogens (primary N) is 2. The van der Waals surface area contributed by atoms with Crippen LogP contribution in [0.3, 0.4) is 0 Å². The number of rotatable bonds is 4. The normalized spacial score (nSPS) is 12.1. The molecule has 0 fully saturated rings. The van der Waals surface area contributed by atoms with Crippen LogP contribution in [0.5, 0.6) is 0 Å². The van der Waals surface area contributed by atoms with Gasteiger partial charge in [-0.2, -0.15) is 0 Å². The molecule has 20 heavy (non-hydrogen) atoms. The predicted octanol–water partition coefficient (Wildman–Crippen LogP) is 1.98. The number of hydrogen-bond donors (Lipinski definition) is 2. The molecule has 0 heterocycles. The maximum atomic E-state index is 12.3. The number of aryl methyl sites for hydroxylation is 1. The molecule has 4 N–H and O–H groups in total. The molecule has 0 saturated carbocycles. The summed E-state index contributed by atoms with van der Waals surface area (Å²) < 4.78 is 12.3. The van der Waals surface area contributed by atoms with Crippen LogP contribution in [0.2, 0.25) is 0 Å². The summed E-state index contributed by atoms with van der Waals surface area (Å²) in [7, 11) is -1.17. The predicted molar refractivity (Wildman–Crippen MR) is 80.7 cm³/mol. The summed E-state index contributed by atoms with van der Waals surface area (Å²) in [5, 5.41) is 0. The Bertz CT molecular complexity index is 666. The molecule has 104 valence electrons. The van der Waals surface area contributed by atoms with Crippen LogP contribution in [0.4, 0.5) is 5.69 Å². The van der Waals surface area contributed by atoms with Crippen LogP contribution < -0.4 is 11.5 Å². The van der Waals surface area contributed by atoms with E-state index in [1.165, 1.54) is 6.07 Å². The summed E-state index contributed by atoms with van der Waals surface area (Å²) in [5.74, 6) is -0.212. The fourth-order valence-corrected chi connectivity index (χ4v) is 2.95. The molecule has 0 aliphatic carbocycles. The van der Waals surface area contributed by atoms with Gasteiger partial charge in [-0.3, -0.25) is 9.00 Å². The number of carbonyl (C=O) groups is 1. The SMILES string of the molecule is Cc1ccc(S(=O)Cc2ccc(C(N)=O)cc2N)cc1. The van der Waals surface area contributed by atoms with E-state index < -0.39 is 16.7 Å². The minimum absolute atomic E-state index is 0.313. The third kappa shape index (κ3) is 3.24. The molecule has 1 amide bonds. The van der Waals surface area contributed by atoms with Crippen molar-refractivity contribution in [2.45, 2.75) is 17.6 Å². The number of nitrogen functional groups attached to an aromatic ring is 1. The molecular weight excluding hydrogens is 272 g/mol. The summed E-state index contributed by atoms with van der Waals surface area (Å²) in [5.41, 5.74) is 13.7. The van der Waals surface area contributed by atoms with Crippen LogP contribution in [0.1, 0.15) is 21.5 Å². The van der Waals surface area contributed by atoms with Crippen molar-refractivity contribution in [1.82, 2.24) is 0 Å². The van der Waals surface area contributed by atoms with Crippen LogP contribution in [0.25, 0.3) is 0 Å². The van der Waals surface area contributed by atoms with Crippen molar-refractivity contribution in [2.75, 3.05) is 5.73 Å². The van der Waals surface area contributed by atoms with Crippen LogP contribution in [0, 0.1) is 6.92 Å². The van der Waals surface area contributed by atoms with E-state index in [1.54, 1.807) is 12.1 Å². The fourth-order valence-electron chi connectivity index (χ4n) is 1.79. The summed E-state index contributed by atoms with van der Waals surface area (Å²) >= 11 is 0. The Hall–Kier alpha value is -2.14. The number of benzene rings is 2. The number of amides is 1. The van der Waals surface area contributed by atoms with Gasteiger partial charge < -0.3 is 11.5 Å². The molecule has 4 nitrogen and oxygen atoms in total. The fraction of sp³-hybridized carbons (Fsp3) is 0.133. The molecule has 2 aromatic rings. The van der Waals surface area contributed by atoms with Crippen molar-refractivity contribution in [3.8, 4) is 0 Å². The van der Waals surface area contributed by atoms with Gasteiger partial charge in [-0.25, -0.2) is 0 Å². The van der Waals surface area contributed by atoms with Crippen molar-refractivity contribution in [2.24, 2.45) is 5.73 Å². The minimum Gasteiger partial charge on any atom is -0.398 e. The van der Waals surface area contributed by atoms with E-state index in [9.17, 15) is 9.00 Å². The summed E-state index contributed by atoms with van der Waals surface area (Å²) in [6, 6.07) is 12.4. The highest BCUT2D eigenvalue weighted by Crippen LogP contribution is 2.19. The van der Waals surface area contributed by atoms with Gasteiger partial charge in [0.15, 0.2) is 0 Å². The lowest BCUT2D eigenvalue weighted by Crippen LogP contribution is -2.12. The van der Waals surface area contributed by atoms with Gasteiger partial charge in [0.2, 0.25) is 5.91 Å². The first-order valence-electron chi connectivity index (χ1n) is 6.10. The lowest BCUT2D eigenvalue weighted by atomic mass is 10.1. The molecule has 0 aliphatic heterocycles. The van der Waals surface area contributed by atoms with E-state index in [-0.39, 0.29) is 0 Å². The zero-order chi connectivity index (χ0) is 14.7. The molecule has 2 rings (SSSR count). The van der Waals surface area contributed by atoms with Gasteiger partial charge >= 0.3 is 0 Å². The molecular formula is C15H16N2O2S. The summed E-state index contributed by atoms with van der Waals surface area (Å²) in [4.78, 5) is 11.8. The number of carbonyl (C=O) groups excluding carboxylic acids is 1. The third-order valence-electron chi connectivity index (χ3n) is 3.00. The maximum Gasteiger partial charge on any atom is 0.248 e. The highest BCUT2D eigenvalue weighted by molar-refractivity contribution is 7.84. The second-order valence-electron chi connectivity index (χ2n) is 4.58. The van der Waals surface area contributed by atoms with Crippen LogP contribution in [-0.2, 0) is 16.6 Å². The average Bonchev–Trinajstić information content (AvgIpc) is 2.41. The number of anilines is 1. The smallest absolute Gasteiger partial charge is 0.248 e. The van der Waals surface area contributed by atoms with E-state index in [1.807, 2.05) is 31.2 Å². The van der Waals surface area contributed by atoms with E-state index in [0.29, 0.717) is 17.0 Å². The van der Waals surface area contributed by atoms with E-state index in [2.05, 4.69) is 0 Å². The number of primary amides is 1. The Balaban J connectivity index is 2.19. The lowest BCUT2D eigenvalue weighted by Gasteiger charge is -2.07. The van der Waals surface area contributed by atoms with E-state index >= 15 is 0 Å². The lowest BCUT2D eigenvalue weighted by molar-refractivity contribution is 0.100. The van der Waals surface area contributed by atoms with E-state index in [0.717, 1.165) is 16.0 Å².